The van der Waals surface area contributed by atoms with Crippen molar-refractivity contribution in [3.05, 3.63) is 34.9 Å². The third-order valence-electron chi connectivity index (χ3n) is 4.45. The third-order valence-corrected chi connectivity index (χ3v) is 4.70. The summed E-state index contributed by atoms with van der Waals surface area (Å²) in [6, 6.07) is 6.78. The van der Waals surface area contributed by atoms with Gasteiger partial charge in [-0.25, -0.2) is 0 Å². The molecule has 2 fully saturated rings. The lowest BCUT2D eigenvalue weighted by Gasteiger charge is -2.46. The summed E-state index contributed by atoms with van der Waals surface area (Å²) in [6.07, 6.45) is 2.80. The highest BCUT2D eigenvalue weighted by molar-refractivity contribution is 6.30. The second-order valence-corrected chi connectivity index (χ2v) is 6.25. The number of benzene rings is 1. The number of carbonyl (C=O) groups excluding carboxylic acids is 2. The summed E-state index contributed by atoms with van der Waals surface area (Å²) in [7, 11) is 0. The van der Waals surface area contributed by atoms with Crippen molar-refractivity contribution in [2.24, 2.45) is 0 Å². The summed E-state index contributed by atoms with van der Waals surface area (Å²) in [5.74, 6) is 0.157. The van der Waals surface area contributed by atoms with Gasteiger partial charge in [-0.2, -0.15) is 0 Å². The van der Waals surface area contributed by atoms with Crippen LogP contribution in [0.15, 0.2) is 24.3 Å². The number of rotatable bonds is 2. The molecule has 0 saturated carbocycles. The molecule has 1 aromatic rings. The van der Waals surface area contributed by atoms with Gasteiger partial charge >= 0.3 is 0 Å². The molecule has 112 valence electrons. The second kappa shape index (κ2) is 5.68. The monoisotopic (exact) mass is 306 g/mol. The third kappa shape index (κ3) is 2.64. The van der Waals surface area contributed by atoms with Crippen molar-refractivity contribution < 1.29 is 9.59 Å². The molecular weight excluding hydrogens is 288 g/mol. The van der Waals surface area contributed by atoms with Gasteiger partial charge in [0.05, 0.1) is 0 Å². The SMILES string of the molecule is CC1C(=O)N2CCCCC2C(=O)N1Cc1ccc(Cl)cc1. The molecule has 2 aliphatic heterocycles. The minimum absolute atomic E-state index is 0.0771. The van der Waals surface area contributed by atoms with Crippen LogP contribution in [0, 0.1) is 0 Å². The van der Waals surface area contributed by atoms with Crippen LogP contribution in [0.1, 0.15) is 31.7 Å². The fourth-order valence-corrected chi connectivity index (χ4v) is 3.33. The van der Waals surface area contributed by atoms with Gasteiger partial charge in [0.15, 0.2) is 0 Å². The Labute approximate surface area is 129 Å². The second-order valence-electron chi connectivity index (χ2n) is 5.81. The molecule has 2 amide bonds. The summed E-state index contributed by atoms with van der Waals surface area (Å²) in [6.45, 7) is 3.00. The van der Waals surface area contributed by atoms with Crippen LogP contribution in [0.5, 0.6) is 0 Å². The predicted molar refractivity (Wildman–Crippen MR) is 80.8 cm³/mol. The maximum absolute atomic E-state index is 12.7. The number of carbonyl (C=O) groups is 2. The van der Waals surface area contributed by atoms with Gasteiger partial charge in [0.2, 0.25) is 11.8 Å². The first-order valence-electron chi connectivity index (χ1n) is 7.43. The van der Waals surface area contributed by atoms with Crippen molar-refractivity contribution in [2.45, 2.75) is 44.8 Å². The Balaban J connectivity index is 1.82. The molecule has 0 aromatic heterocycles. The van der Waals surface area contributed by atoms with Gasteiger partial charge in [0.25, 0.3) is 0 Å². The minimum atomic E-state index is -0.387. The van der Waals surface area contributed by atoms with Crippen LogP contribution in [0.4, 0.5) is 0 Å². The quantitative estimate of drug-likeness (QED) is 0.842. The molecule has 3 rings (SSSR count). The van der Waals surface area contributed by atoms with Crippen molar-refractivity contribution in [2.75, 3.05) is 6.54 Å². The Hall–Kier alpha value is -1.55. The lowest BCUT2D eigenvalue weighted by Crippen LogP contribution is -2.64. The van der Waals surface area contributed by atoms with Gasteiger partial charge in [-0.3, -0.25) is 9.59 Å². The molecule has 1 aromatic carbocycles. The molecule has 2 heterocycles. The molecule has 2 saturated heterocycles. The van der Waals surface area contributed by atoms with E-state index in [0.29, 0.717) is 18.1 Å². The zero-order valence-electron chi connectivity index (χ0n) is 12.1. The summed E-state index contributed by atoms with van der Waals surface area (Å²) < 4.78 is 0. The summed E-state index contributed by atoms with van der Waals surface area (Å²) in [5, 5.41) is 0.673. The molecule has 0 aliphatic carbocycles. The average molecular weight is 307 g/mol. The van der Waals surface area contributed by atoms with E-state index in [1.807, 2.05) is 31.2 Å². The minimum Gasteiger partial charge on any atom is -0.329 e. The molecule has 4 nitrogen and oxygen atoms in total. The van der Waals surface area contributed by atoms with Crippen molar-refractivity contribution in [1.29, 1.82) is 0 Å². The zero-order chi connectivity index (χ0) is 15.0. The van der Waals surface area contributed by atoms with Gasteiger partial charge in [-0.15, -0.1) is 0 Å². The van der Waals surface area contributed by atoms with Crippen LogP contribution in [0.25, 0.3) is 0 Å². The Kier molecular flexibility index (Phi) is 3.89. The highest BCUT2D eigenvalue weighted by atomic mass is 35.5. The Morgan fingerprint density at radius 3 is 2.57 bits per heavy atom. The number of hydrogen-bond donors (Lipinski definition) is 0. The standard InChI is InChI=1S/C16H19ClN2O2/c1-11-15(20)18-9-3-2-4-14(18)16(21)19(11)10-12-5-7-13(17)8-6-12/h5-8,11,14H,2-4,9-10H2,1H3. The van der Waals surface area contributed by atoms with Gasteiger partial charge in [0.1, 0.15) is 12.1 Å². The van der Waals surface area contributed by atoms with Crippen LogP contribution in [0.3, 0.4) is 0 Å². The summed E-state index contributed by atoms with van der Waals surface area (Å²) >= 11 is 5.88. The fourth-order valence-electron chi connectivity index (χ4n) is 3.21. The predicted octanol–water partition coefficient (Wildman–Crippen LogP) is 2.45. The Morgan fingerprint density at radius 2 is 1.86 bits per heavy atom. The van der Waals surface area contributed by atoms with E-state index in [1.165, 1.54) is 0 Å². The number of halogens is 1. The van der Waals surface area contributed by atoms with E-state index < -0.39 is 0 Å². The number of hydrogen-bond acceptors (Lipinski definition) is 2. The number of fused-ring (bicyclic) bond motifs is 1. The van der Waals surface area contributed by atoms with Crippen molar-refractivity contribution in [1.82, 2.24) is 9.80 Å². The largest absolute Gasteiger partial charge is 0.329 e. The van der Waals surface area contributed by atoms with E-state index in [-0.39, 0.29) is 23.9 Å². The molecule has 0 bridgehead atoms. The maximum atomic E-state index is 12.7. The van der Waals surface area contributed by atoms with E-state index >= 15 is 0 Å². The van der Waals surface area contributed by atoms with E-state index in [1.54, 1.807) is 9.80 Å². The van der Waals surface area contributed by atoms with Crippen molar-refractivity contribution in [3.63, 3.8) is 0 Å². The lowest BCUT2D eigenvalue weighted by atomic mass is 9.95. The molecule has 2 unspecified atom stereocenters. The number of piperazine rings is 1. The number of nitrogens with zero attached hydrogens (tertiary/aromatic N) is 2. The highest BCUT2D eigenvalue weighted by Gasteiger charge is 2.44. The number of piperidine rings is 1. The van der Waals surface area contributed by atoms with Crippen LogP contribution in [-0.4, -0.2) is 40.2 Å². The van der Waals surface area contributed by atoms with E-state index in [2.05, 4.69) is 0 Å². The Morgan fingerprint density at radius 1 is 1.14 bits per heavy atom. The topological polar surface area (TPSA) is 40.6 Å². The number of amides is 2. The average Bonchev–Trinajstić information content (AvgIpc) is 2.51. The molecule has 21 heavy (non-hydrogen) atoms. The van der Waals surface area contributed by atoms with Crippen LogP contribution in [0.2, 0.25) is 5.02 Å². The zero-order valence-corrected chi connectivity index (χ0v) is 12.8. The first kappa shape index (κ1) is 14.4. The molecule has 2 aliphatic rings. The normalized spacial score (nSPS) is 26.0. The Bertz CT molecular complexity index is 558. The maximum Gasteiger partial charge on any atom is 0.246 e. The first-order chi connectivity index (χ1) is 10.1. The molecule has 0 spiro atoms. The van der Waals surface area contributed by atoms with Gasteiger partial charge < -0.3 is 9.80 Å². The van der Waals surface area contributed by atoms with Crippen LogP contribution < -0.4 is 0 Å². The van der Waals surface area contributed by atoms with Crippen molar-refractivity contribution >= 4 is 23.4 Å². The summed E-state index contributed by atoms with van der Waals surface area (Å²) in [4.78, 5) is 28.6. The summed E-state index contributed by atoms with van der Waals surface area (Å²) in [5.41, 5.74) is 0.997. The van der Waals surface area contributed by atoms with Gasteiger partial charge in [-0.05, 0) is 43.9 Å². The molecular formula is C16H19ClN2O2. The van der Waals surface area contributed by atoms with E-state index in [9.17, 15) is 9.59 Å². The first-order valence-corrected chi connectivity index (χ1v) is 7.81. The fraction of sp³-hybridized carbons (Fsp3) is 0.500. The lowest BCUT2D eigenvalue weighted by molar-refractivity contribution is -0.163. The van der Waals surface area contributed by atoms with E-state index in [0.717, 1.165) is 24.8 Å². The smallest absolute Gasteiger partial charge is 0.246 e. The molecule has 0 N–H and O–H groups in total. The van der Waals surface area contributed by atoms with Crippen LogP contribution in [-0.2, 0) is 16.1 Å². The van der Waals surface area contributed by atoms with Gasteiger partial charge in [-0.1, -0.05) is 23.7 Å². The molecule has 5 heteroatoms. The van der Waals surface area contributed by atoms with Crippen molar-refractivity contribution in [3.8, 4) is 0 Å². The highest BCUT2D eigenvalue weighted by Crippen LogP contribution is 2.27. The molecule has 0 radical (unpaired) electrons. The molecule has 2 atom stereocenters. The van der Waals surface area contributed by atoms with Crippen LogP contribution >= 0.6 is 11.6 Å². The van der Waals surface area contributed by atoms with Gasteiger partial charge in [0, 0.05) is 18.1 Å². The van der Waals surface area contributed by atoms with E-state index in [4.69, 9.17) is 11.6 Å².